The van der Waals surface area contributed by atoms with Crippen LogP contribution in [0.25, 0.3) is 0 Å². The monoisotopic (exact) mass is 363 g/mol. The molecule has 2 saturated heterocycles. The molecule has 6 nitrogen and oxygen atoms in total. The second-order valence-electron chi connectivity index (χ2n) is 6.74. The quantitative estimate of drug-likeness (QED) is 0.855. The predicted octanol–water partition coefficient (Wildman–Crippen LogP) is 1.22. The highest BCUT2D eigenvalue weighted by atomic mass is 35.5. The Balaban J connectivity index is 1.45. The molecule has 0 radical (unpaired) electrons. The molecule has 0 bridgehead atoms. The molecular weight excluding hydrogens is 342 g/mol. The van der Waals surface area contributed by atoms with Crippen LogP contribution in [0.5, 0.6) is 0 Å². The Labute approximate surface area is 152 Å². The first-order valence-electron chi connectivity index (χ1n) is 8.52. The summed E-state index contributed by atoms with van der Waals surface area (Å²) in [6.07, 6.45) is 2.48. The molecule has 1 aromatic rings. The van der Waals surface area contributed by atoms with E-state index in [0.717, 1.165) is 18.4 Å². The second-order valence-corrected chi connectivity index (χ2v) is 7.17. The van der Waals surface area contributed by atoms with Gasteiger partial charge in [0.1, 0.15) is 6.04 Å². The van der Waals surface area contributed by atoms with Gasteiger partial charge >= 0.3 is 0 Å². The highest BCUT2D eigenvalue weighted by Crippen LogP contribution is 2.23. The van der Waals surface area contributed by atoms with Crippen LogP contribution in [0.15, 0.2) is 24.3 Å². The lowest BCUT2D eigenvalue weighted by atomic mass is 10.1. The van der Waals surface area contributed by atoms with E-state index in [4.69, 9.17) is 11.6 Å². The minimum Gasteiger partial charge on any atom is -0.351 e. The van der Waals surface area contributed by atoms with Crippen molar-refractivity contribution in [1.29, 1.82) is 0 Å². The van der Waals surface area contributed by atoms with Gasteiger partial charge in [-0.1, -0.05) is 23.7 Å². The average molecular weight is 364 g/mol. The van der Waals surface area contributed by atoms with Crippen molar-refractivity contribution >= 4 is 29.3 Å². The molecule has 1 aromatic carbocycles. The summed E-state index contributed by atoms with van der Waals surface area (Å²) in [4.78, 5) is 39.4. The lowest BCUT2D eigenvalue weighted by molar-refractivity contribution is -0.152. The number of halogens is 1. The Morgan fingerprint density at radius 1 is 1.28 bits per heavy atom. The summed E-state index contributed by atoms with van der Waals surface area (Å²) in [6, 6.07) is 7.04. The lowest BCUT2D eigenvalue weighted by Gasteiger charge is -2.33. The number of piperazine rings is 1. The van der Waals surface area contributed by atoms with Gasteiger partial charge in [0.2, 0.25) is 17.7 Å². The molecule has 2 heterocycles. The summed E-state index contributed by atoms with van der Waals surface area (Å²) in [5, 5.41) is 3.66. The van der Waals surface area contributed by atoms with Crippen molar-refractivity contribution in [1.82, 2.24) is 15.1 Å². The van der Waals surface area contributed by atoms with Gasteiger partial charge in [-0.05, 0) is 37.0 Å². The van der Waals surface area contributed by atoms with E-state index in [1.165, 1.54) is 4.90 Å². The first kappa shape index (κ1) is 17.7. The number of benzene rings is 1. The average Bonchev–Trinajstić information content (AvgIpc) is 2.99. The van der Waals surface area contributed by atoms with Crippen LogP contribution >= 0.6 is 11.6 Å². The van der Waals surface area contributed by atoms with E-state index in [-0.39, 0.29) is 30.3 Å². The molecule has 0 aromatic heterocycles. The van der Waals surface area contributed by atoms with Crippen molar-refractivity contribution in [2.45, 2.75) is 37.8 Å². The number of nitrogens with zero attached hydrogens (tertiary/aromatic N) is 2. The molecule has 7 heteroatoms. The third kappa shape index (κ3) is 4.12. The van der Waals surface area contributed by atoms with Crippen LogP contribution in [0.4, 0.5) is 0 Å². The van der Waals surface area contributed by atoms with Gasteiger partial charge in [0.25, 0.3) is 0 Å². The van der Waals surface area contributed by atoms with Crippen molar-refractivity contribution in [3.05, 3.63) is 34.9 Å². The van der Waals surface area contributed by atoms with Gasteiger partial charge in [0.05, 0.1) is 6.54 Å². The number of nitrogens with one attached hydrogen (secondary N) is 1. The fourth-order valence-corrected chi connectivity index (χ4v) is 3.61. The number of fused-ring (bicyclic) bond motifs is 1. The number of rotatable bonds is 5. The fraction of sp³-hybridized carbons (Fsp3) is 0.500. The molecular formula is C18H22ClN3O3. The van der Waals surface area contributed by atoms with Crippen LogP contribution < -0.4 is 5.32 Å². The van der Waals surface area contributed by atoms with Gasteiger partial charge in [0.15, 0.2) is 0 Å². The summed E-state index contributed by atoms with van der Waals surface area (Å²) < 4.78 is 0. The van der Waals surface area contributed by atoms with E-state index in [1.54, 1.807) is 11.9 Å². The van der Waals surface area contributed by atoms with Crippen molar-refractivity contribution in [2.75, 3.05) is 20.1 Å². The van der Waals surface area contributed by atoms with Crippen LogP contribution in [0.3, 0.4) is 0 Å². The third-order valence-corrected chi connectivity index (χ3v) is 5.05. The summed E-state index contributed by atoms with van der Waals surface area (Å²) in [6.45, 7) is 0.545. The molecule has 2 fully saturated rings. The van der Waals surface area contributed by atoms with Crippen LogP contribution in [-0.2, 0) is 20.8 Å². The van der Waals surface area contributed by atoms with Crippen molar-refractivity contribution in [3.63, 3.8) is 0 Å². The minimum atomic E-state index is -0.425. The zero-order chi connectivity index (χ0) is 18.0. The molecule has 0 spiro atoms. The summed E-state index contributed by atoms with van der Waals surface area (Å²) in [5.41, 5.74) is 1.15. The van der Waals surface area contributed by atoms with E-state index >= 15 is 0 Å². The standard InChI is InChI=1S/C18H22ClN3O3/c1-21-11-17(24)22-10-14(9-15(22)18(21)25)20-16(23)4-2-3-12-5-7-13(19)8-6-12/h5-8,14-15H,2-4,9-11H2,1H3,(H,20,23)/t14-,15-/m0/s1. The van der Waals surface area contributed by atoms with E-state index in [2.05, 4.69) is 5.32 Å². The molecule has 1 N–H and O–H groups in total. The van der Waals surface area contributed by atoms with Crippen LogP contribution in [0, 0.1) is 0 Å². The van der Waals surface area contributed by atoms with E-state index in [9.17, 15) is 14.4 Å². The van der Waals surface area contributed by atoms with Gasteiger partial charge in [-0.2, -0.15) is 0 Å². The maximum atomic E-state index is 12.1. The van der Waals surface area contributed by atoms with Gasteiger partial charge in [0, 0.05) is 31.1 Å². The van der Waals surface area contributed by atoms with Crippen LogP contribution in [-0.4, -0.2) is 59.7 Å². The van der Waals surface area contributed by atoms with Gasteiger partial charge < -0.3 is 15.1 Å². The maximum absolute atomic E-state index is 12.1. The third-order valence-electron chi connectivity index (χ3n) is 4.80. The summed E-state index contributed by atoms with van der Waals surface area (Å²) in [5.74, 6) is -0.127. The minimum absolute atomic E-state index is 0.0351. The van der Waals surface area contributed by atoms with Crippen molar-refractivity contribution < 1.29 is 14.4 Å². The summed E-state index contributed by atoms with van der Waals surface area (Å²) in [7, 11) is 1.64. The number of amides is 3. The van der Waals surface area contributed by atoms with E-state index < -0.39 is 6.04 Å². The highest BCUT2D eigenvalue weighted by Gasteiger charge is 2.44. The molecule has 0 aliphatic carbocycles. The number of hydrogen-bond donors (Lipinski definition) is 1. The van der Waals surface area contributed by atoms with Crippen molar-refractivity contribution in [2.24, 2.45) is 0 Å². The molecule has 3 amide bonds. The molecule has 2 aliphatic heterocycles. The number of carbonyl (C=O) groups excluding carboxylic acids is 3. The van der Waals surface area contributed by atoms with Gasteiger partial charge in [-0.15, -0.1) is 0 Å². The molecule has 2 aliphatic rings. The first-order valence-corrected chi connectivity index (χ1v) is 8.90. The molecule has 0 saturated carbocycles. The summed E-state index contributed by atoms with van der Waals surface area (Å²) >= 11 is 5.85. The number of hydrogen-bond acceptors (Lipinski definition) is 3. The Morgan fingerprint density at radius 2 is 2.00 bits per heavy atom. The molecule has 134 valence electrons. The van der Waals surface area contributed by atoms with E-state index in [0.29, 0.717) is 24.4 Å². The fourth-order valence-electron chi connectivity index (χ4n) is 3.48. The van der Waals surface area contributed by atoms with Crippen LogP contribution in [0.2, 0.25) is 5.02 Å². The highest BCUT2D eigenvalue weighted by molar-refractivity contribution is 6.30. The zero-order valence-electron chi connectivity index (χ0n) is 14.2. The van der Waals surface area contributed by atoms with E-state index in [1.807, 2.05) is 24.3 Å². The topological polar surface area (TPSA) is 69.7 Å². The predicted molar refractivity (Wildman–Crippen MR) is 94.1 cm³/mol. The molecule has 3 rings (SSSR count). The zero-order valence-corrected chi connectivity index (χ0v) is 15.0. The molecule has 2 atom stereocenters. The number of aryl methyl sites for hydroxylation is 1. The van der Waals surface area contributed by atoms with Crippen LogP contribution in [0.1, 0.15) is 24.8 Å². The normalized spacial score (nSPS) is 23.0. The molecule has 25 heavy (non-hydrogen) atoms. The Bertz CT molecular complexity index is 677. The number of likely N-dealkylation sites (N-methyl/N-ethyl adjacent to an activating group) is 1. The number of carbonyl (C=O) groups is 3. The van der Waals surface area contributed by atoms with Gasteiger partial charge in [-0.25, -0.2) is 0 Å². The maximum Gasteiger partial charge on any atom is 0.245 e. The first-order chi connectivity index (χ1) is 11.9. The Morgan fingerprint density at radius 3 is 2.72 bits per heavy atom. The largest absolute Gasteiger partial charge is 0.351 e. The smallest absolute Gasteiger partial charge is 0.245 e. The Kier molecular flexibility index (Phi) is 5.27. The van der Waals surface area contributed by atoms with Gasteiger partial charge in [-0.3, -0.25) is 14.4 Å². The Hall–Kier alpha value is -2.08. The van der Waals surface area contributed by atoms with Crippen molar-refractivity contribution in [3.8, 4) is 0 Å². The lowest BCUT2D eigenvalue weighted by Crippen LogP contribution is -2.55. The SMILES string of the molecule is CN1CC(=O)N2C[C@@H](NC(=O)CCCc3ccc(Cl)cc3)C[C@H]2C1=O. The second kappa shape index (κ2) is 7.44. The molecule has 0 unspecified atom stereocenters.